The van der Waals surface area contributed by atoms with Crippen LogP contribution in [0.5, 0.6) is 0 Å². The van der Waals surface area contributed by atoms with Crippen molar-refractivity contribution in [1.82, 2.24) is 10.2 Å². The molecule has 1 aromatic carbocycles. The van der Waals surface area contributed by atoms with E-state index in [2.05, 4.69) is 5.32 Å². The van der Waals surface area contributed by atoms with E-state index in [0.29, 0.717) is 18.7 Å². The molecule has 1 amide bonds. The van der Waals surface area contributed by atoms with Gasteiger partial charge >= 0.3 is 5.97 Å². The minimum absolute atomic E-state index is 0.0957. The molecule has 0 atom stereocenters. The minimum Gasteiger partial charge on any atom is -0.478 e. The molecule has 0 fully saturated rings. The van der Waals surface area contributed by atoms with E-state index in [-0.39, 0.29) is 5.56 Å². The van der Waals surface area contributed by atoms with Gasteiger partial charge in [-0.2, -0.15) is 0 Å². The fraction of sp³-hybridized carbons (Fsp3) is 0.333. The molecule has 0 unspecified atom stereocenters. The zero-order chi connectivity index (χ0) is 15.8. The van der Waals surface area contributed by atoms with Crippen molar-refractivity contribution < 1.29 is 19.1 Å². The summed E-state index contributed by atoms with van der Waals surface area (Å²) in [4.78, 5) is 24.4. The summed E-state index contributed by atoms with van der Waals surface area (Å²) in [5, 5.41) is 11.2. The van der Waals surface area contributed by atoms with Gasteiger partial charge < -0.3 is 15.3 Å². The SMILES string of the molecule is CCN(C)CCNC(=O)c1cc(C=CC(=O)O)ccc1F. The monoisotopic (exact) mass is 294 g/mol. The number of benzene rings is 1. The molecule has 0 saturated carbocycles. The van der Waals surface area contributed by atoms with E-state index in [1.54, 1.807) is 0 Å². The van der Waals surface area contributed by atoms with Gasteiger partial charge in [0.25, 0.3) is 5.91 Å². The van der Waals surface area contributed by atoms with Crippen molar-refractivity contribution >= 4 is 18.0 Å². The molecular formula is C15H19FN2O3. The summed E-state index contributed by atoms with van der Waals surface area (Å²) in [6.07, 6.45) is 2.24. The summed E-state index contributed by atoms with van der Waals surface area (Å²) >= 11 is 0. The maximum absolute atomic E-state index is 13.7. The fourth-order valence-electron chi connectivity index (χ4n) is 1.60. The highest BCUT2D eigenvalue weighted by Gasteiger charge is 2.11. The predicted molar refractivity (Wildman–Crippen MR) is 78.6 cm³/mol. The molecule has 0 bridgehead atoms. The second-order valence-electron chi connectivity index (χ2n) is 4.56. The number of likely N-dealkylation sites (N-methyl/N-ethyl adjacent to an activating group) is 1. The highest BCUT2D eigenvalue weighted by molar-refractivity contribution is 5.95. The predicted octanol–water partition coefficient (Wildman–Crippen LogP) is 1.60. The van der Waals surface area contributed by atoms with Crippen LogP contribution in [0.3, 0.4) is 0 Å². The number of carbonyl (C=O) groups excluding carboxylic acids is 1. The number of carboxylic acids is 1. The number of nitrogens with zero attached hydrogens (tertiary/aromatic N) is 1. The second-order valence-corrected chi connectivity index (χ2v) is 4.56. The Hall–Kier alpha value is -2.21. The standard InChI is InChI=1S/C15H19FN2O3/c1-3-18(2)9-8-17-15(21)12-10-11(4-6-13(12)16)5-7-14(19)20/h4-7,10H,3,8-9H2,1-2H3,(H,17,21)(H,19,20). The van der Waals surface area contributed by atoms with Gasteiger partial charge in [0, 0.05) is 19.2 Å². The van der Waals surface area contributed by atoms with Crippen LogP contribution in [0.15, 0.2) is 24.3 Å². The van der Waals surface area contributed by atoms with Crippen molar-refractivity contribution in [1.29, 1.82) is 0 Å². The molecule has 0 saturated heterocycles. The molecule has 0 aliphatic heterocycles. The van der Waals surface area contributed by atoms with Gasteiger partial charge in [-0.25, -0.2) is 9.18 Å². The molecule has 5 nitrogen and oxygen atoms in total. The summed E-state index contributed by atoms with van der Waals surface area (Å²) in [5.74, 6) is -2.25. The first-order valence-electron chi connectivity index (χ1n) is 6.61. The summed E-state index contributed by atoms with van der Waals surface area (Å²) < 4.78 is 13.7. The second kappa shape index (κ2) is 8.16. The number of amides is 1. The van der Waals surface area contributed by atoms with Crippen molar-refractivity contribution in [2.45, 2.75) is 6.92 Å². The normalized spacial score (nSPS) is 11.0. The Labute approximate surface area is 123 Å². The number of carboxylic acid groups (broad SMARTS) is 1. The van der Waals surface area contributed by atoms with Gasteiger partial charge in [-0.05, 0) is 37.4 Å². The molecule has 6 heteroatoms. The number of carbonyl (C=O) groups is 2. The van der Waals surface area contributed by atoms with Gasteiger partial charge in [-0.15, -0.1) is 0 Å². The molecule has 0 aromatic heterocycles. The van der Waals surface area contributed by atoms with Gasteiger partial charge in [-0.3, -0.25) is 4.79 Å². The van der Waals surface area contributed by atoms with Crippen LogP contribution in [0, 0.1) is 5.82 Å². The lowest BCUT2D eigenvalue weighted by Crippen LogP contribution is -2.33. The third kappa shape index (κ3) is 5.74. The van der Waals surface area contributed by atoms with E-state index in [1.807, 2.05) is 18.9 Å². The zero-order valence-corrected chi connectivity index (χ0v) is 12.1. The van der Waals surface area contributed by atoms with Crippen LogP contribution in [0.2, 0.25) is 0 Å². The smallest absolute Gasteiger partial charge is 0.328 e. The van der Waals surface area contributed by atoms with Crippen LogP contribution < -0.4 is 5.32 Å². The summed E-state index contributed by atoms with van der Waals surface area (Å²) in [5.41, 5.74) is 0.358. The van der Waals surface area contributed by atoms with Gasteiger partial charge in [0.15, 0.2) is 0 Å². The minimum atomic E-state index is -1.10. The number of nitrogens with one attached hydrogen (secondary N) is 1. The molecular weight excluding hydrogens is 275 g/mol. The number of halogens is 1. The Kier molecular flexibility index (Phi) is 6.55. The van der Waals surface area contributed by atoms with Crippen molar-refractivity contribution in [3.63, 3.8) is 0 Å². The van der Waals surface area contributed by atoms with Gasteiger partial charge in [0.1, 0.15) is 5.82 Å². The Bertz CT molecular complexity index is 544. The summed E-state index contributed by atoms with van der Waals surface area (Å²) in [6.45, 7) is 3.94. The van der Waals surface area contributed by atoms with Crippen LogP contribution in [0.1, 0.15) is 22.8 Å². The third-order valence-electron chi connectivity index (χ3n) is 2.97. The molecule has 1 aromatic rings. The summed E-state index contributed by atoms with van der Waals surface area (Å²) in [7, 11) is 1.92. The average Bonchev–Trinajstić information content (AvgIpc) is 2.45. The zero-order valence-electron chi connectivity index (χ0n) is 12.1. The Morgan fingerprint density at radius 2 is 2.14 bits per heavy atom. The molecule has 21 heavy (non-hydrogen) atoms. The Morgan fingerprint density at radius 3 is 2.76 bits per heavy atom. The maximum Gasteiger partial charge on any atom is 0.328 e. The van der Waals surface area contributed by atoms with E-state index >= 15 is 0 Å². The van der Waals surface area contributed by atoms with E-state index in [1.165, 1.54) is 18.2 Å². The summed E-state index contributed by atoms with van der Waals surface area (Å²) in [6, 6.07) is 3.89. The van der Waals surface area contributed by atoms with Crippen LogP contribution in [0.4, 0.5) is 4.39 Å². The molecule has 0 spiro atoms. The molecule has 114 valence electrons. The number of hydrogen-bond donors (Lipinski definition) is 2. The first kappa shape index (κ1) is 16.8. The van der Waals surface area contributed by atoms with Crippen molar-refractivity contribution in [2.75, 3.05) is 26.7 Å². The number of aliphatic carboxylic acids is 1. The maximum atomic E-state index is 13.7. The first-order chi connectivity index (χ1) is 9.93. The van der Waals surface area contributed by atoms with Crippen LogP contribution in [-0.4, -0.2) is 48.6 Å². The Morgan fingerprint density at radius 1 is 1.43 bits per heavy atom. The first-order valence-corrected chi connectivity index (χ1v) is 6.61. The van der Waals surface area contributed by atoms with Gasteiger partial charge in [0.05, 0.1) is 5.56 Å². The van der Waals surface area contributed by atoms with Crippen molar-refractivity contribution in [3.05, 3.63) is 41.2 Å². The van der Waals surface area contributed by atoms with Crippen LogP contribution in [0.25, 0.3) is 6.08 Å². The largest absolute Gasteiger partial charge is 0.478 e. The van der Waals surface area contributed by atoms with Gasteiger partial charge in [-0.1, -0.05) is 13.0 Å². The number of hydrogen-bond acceptors (Lipinski definition) is 3. The molecule has 0 aliphatic rings. The quantitative estimate of drug-likeness (QED) is 0.750. The lowest BCUT2D eigenvalue weighted by atomic mass is 10.1. The molecule has 0 radical (unpaired) electrons. The van der Waals surface area contributed by atoms with Gasteiger partial charge in [0.2, 0.25) is 0 Å². The van der Waals surface area contributed by atoms with Crippen molar-refractivity contribution in [2.24, 2.45) is 0 Å². The lowest BCUT2D eigenvalue weighted by Gasteiger charge is -2.14. The lowest BCUT2D eigenvalue weighted by molar-refractivity contribution is -0.131. The highest BCUT2D eigenvalue weighted by Crippen LogP contribution is 2.12. The molecule has 0 heterocycles. The molecule has 0 aliphatic carbocycles. The molecule has 1 rings (SSSR count). The number of rotatable bonds is 7. The van der Waals surface area contributed by atoms with E-state index in [4.69, 9.17) is 5.11 Å². The van der Waals surface area contributed by atoms with E-state index < -0.39 is 17.7 Å². The fourth-order valence-corrected chi connectivity index (χ4v) is 1.60. The van der Waals surface area contributed by atoms with Crippen LogP contribution in [-0.2, 0) is 4.79 Å². The van der Waals surface area contributed by atoms with Crippen molar-refractivity contribution in [3.8, 4) is 0 Å². The molecule has 2 N–H and O–H groups in total. The van der Waals surface area contributed by atoms with E-state index in [9.17, 15) is 14.0 Å². The Balaban J connectivity index is 2.74. The van der Waals surface area contributed by atoms with E-state index in [0.717, 1.165) is 18.7 Å². The van der Waals surface area contributed by atoms with Crippen LogP contribution >= 0.6 is 0 Å². The highest BCUT2D eigenvalue weighted by atomic mass is 19.1. The third-order valence-corrected chi connectivity index (χ3v) is 2.97. The topological polar surface area (TPSA) is 69.6 Å². The average molecular weight is 294 g/mol.